The summed E-state index contributed by atoms with van der Waals surface area (Å²) in [6, 6.07) is -0.482. The number of amides is 1. The van der Waals surface area contributed by atoms with Gasteiger partial charge in [-0.1, -0.05) is 18.9 Å². The second-order valence-corrected chi connectivity index (χ2v) is 4.20. The summed E-state index contributed by atoms with van der Waals surface area (Å²) < 4.78 is 5.62. The van der Waals surface area contributed by atoms with Gasteiger partial charge in [-0.3, -0.25) is 4.79 Å². The maximum atomic E-state index is 11.4. The van der Waals surface area contributed by atoms with Crippen LogP contribution in [0.1, 0.15) is 32.1 Å². The second-order valence-electron chi connectivity index (χ2n) is 4.20. The zero-order valence-electron chi connectivity index (χ0n) is 9.78. The molecule has 1 aliphatic rings. The average molecular weight is 226 g/mol. The van der Waals surface area contributed by atoms with Crippen LogP contribution in [0.5, 0.6) is 0 Å². The number of ether oxygens (including phenoxy) is 1. The van der Waals surface area contributed by atoms with E-state index < -0.39 is 6.04 Å². The number of carbonyl (C=O) groups excluding carboxylic acids is 1. The van der Waals surface area contributed by atoms with E-state index in [1.807, 2.05) is 0 Å². The third-order valence-electron chi connectivity index (χ3n) is 2.81. The fourth-order valence-electron chi connectivity index (χ4n) is 1.87. The summed E-state index contributed by atoms with van der Waals surface area (Å²) in [6.45, 7) is 4.67. The first-order valence-electron chi connectivity index (χ1n) is 6.00. The lowest BCUT2D eigenvalue weighted by Gasteiger charge is -2.13. The van der Waals surface area contributed by atoms with Crippen molar-refractivity contribution in [3.05, 3.63) is 12.7 Å². The fourth-order valence-corrected chi connectivity index (χ4v) is 1.87. The minimum Gasteiger partial charge on any atom is -0.376 e. The van der Waals surface area contributed by atoms with Gasteiger partial charge in [-0.05, 0) is 19.3 Å². The highest BCUT2D eigenvalue weighted by Gasteiger charge is 2.15. The molecule has 0 radical (unpaired) electrons. The Balaban J connectivity index is 2.01. The third kappa shape index (κ3) is 4.77. The van der Waals surface area contributed by atoms with Crippen molar-refractivity contribution in [3.63, 3.8) is 0 Å². The normalized spacial score (nSPS) is 18.3. The van der Waals surface area contributed by atoms with E-state index in [2.05, 4.69) is 11.9 Å². The van der Waals surface area contributed by atoms with E-state index in [-0.39, 0.29) is 5.91 Å². The Bertz CT molecular complexity index is 225. The molecule has 1 atom stereocenters. The lowest BCUT2D eigenvalue weighted by molar-refractivity contribution is -0.122. The number of hydrogen-bond acceptors (Lipinski definition) is 3. The van der Waals surface area contributed by atoms with Crippen LogP contribution in [-0.2, 0) is 9.53 Å². The van der Waals surface area contributed by atoms with Gasteiger partial charge in [0.25, 0.3) is 0 Å². The molecule has 0 aromatic rings. The Hall–Kier alpha value is -0.870. The van der Waals surface area contributed by atoms with Crippen molar-refractivity contribution in [2.24, 2.45) is 5.73 Å². The Labute approximate surface area is 97.2 Å². The molecule has 1 amide bonds. The van der Waals surface area contributed by atoms with Crippen molar-refractivity contribution >= 4 is 5.91 Å². The molecule has 0 aliphatic heterocycles. The molecular weight excluding hydrogens is 204 g/mol. The third-order valence-corrected chi connectivity index (χ3v) is 2.81. The smallest absolute Gasteiger partial charge is 0.237 e. The minimum atomic E-state index is -0.482. The summed E-state index contributed by atoms with van der Waals surface area (Å²) in [5, 5.41) is 2.75. The maximum Gasteiger partial charge on any atom is 0.237 e. The molecule has 1 fully saturated rings. The summed E-state index contributed by atoms with van der Waals surface area (Å²) in [6.07, 6.45) is 7.41. The molecular formula is C12H22N2O2. The molecule has 1 aliphatic carbocycles. The molecule has 0 spiro atoms. The number of hydrogen-bond donors (Lipinski definition) is 2. The van der Waals surface area contributed by atoms with E-state index in [4.69, 9.17) is 10.5 Å². The summed E-state index contributed by atoms with van der Waals surface area (Å²) in [5.41, 5.74) is 5.61. The van der Waals surface area contributed by atoms with E-state index in [9.17, 15) is 4.79 Å². The van der Waals surface area contributed by atoms with Crippen LogP contribution in [0, 0.1) is 0 Å². The van der Waals surface area contributed by atoms with Crippen LogP contribution >= 0.6 is 0 Å². The highest BCUT2D eigenvalue weighted by molar-refractivity contribution is 5.81. The number of nitrogens with two attached hydrogens (primary N) is 1. The molecule has 0 saturated heterocycles. The highest BCUT2D eigenvalue weighted by atomic mass is 16.5. The van der Waals surface area contributed by atoms with Crippen molar-refractivity contribution in [2.75, 3.05) is 13.2 Å². The van der Waals surface area contributed by atoms with Gasteiger partial charge in [0, 0.05) is 6.54 Å². The van der Waals surface area contributed by atoms with Crippen LogP contribution in [0.25, 0.3) is 0 Å². The SMILES string of the molecule is C=CCC(N)C(=O)NCCOC1CCCC1. The Morgan fingerprint density at radius 3 is 2.88 bits per heavy atom. The molecule has 4 heteroatoms. The van der Waals surface area contributed by atoms with Crippen molar-refractivity contribution < 1.29 is 9.53 Å². The lowest BCUT2D eigenvalue weighted by atomic mass is 10.2. The van der Waals surface area contributed by atoms with Gasteiger partial charge in [0.1, 0.15) is 0 Å². The van der Waals surface area contributed by atoms with Gasteiger partial charge in [-0.25, -0.2) is 0 Å². The van der Waals surface area contributed by atoms with Crippen LogP contribution in [0.3, 0.4) is 0 Å². The van der Waals surface area contributed by atoms with Gasteiger partial charge in [0.05, 0.1) is 18.8 Å². The summed E-state index contributed by atoms with van der Waals surface area (Å²) in [7, 11) is 0. The summed E-state index contributed by atoms with van der Waals surface area (Å²) >= 11 is 0. The lowest BCUT2D eigenvalue weighted by Crippen LogP contribution is -2.41. The first-order valence-corrected chi connectivity index (χ1v) is 6.00. The van der Waals surface area contributed by atoms with Crippen LogP contribution in [0.15, 0.2) is 12.7 Å². The van der Waals surface area contributed by atoms with Gasteiger partial charge in [0.15, 0.2) is 0 Å². The fraction of sp³-hybridized carbons (Fsp3) is 0.750. The highest BCUT2D eigenvalue weighted by Crippen LogP contribution is 2.20. The van der Waals surface area contributed by atoms with E-state index in [1.54, 1.807) is 6.08 Å². The summed E-state index contributed by atoms with van der Waals surface area (Å²) in [4.78, 5) is 11.4. The van der Waals surface area contributed by atoms with E-state index in [1.165, 1.54) is 12.8 Å². The molecule has 1 rings (SSSR count). The number of nitrogens with one attached hydrogen (secondary N) is 1. The standard InChI is InChI=1S/C12H22N2O2/c1-2-5-11(13)12(15)14-8-9-16-10-6-3-4-7-10/h2,10-11H,1,3-9,13H2,(H,14,15). The topological polar surface area (TPSA) is 64.4 Å². The van der Waals surface area contributed by atoms with E-state index in [0.29, 0.717) is 25.7 Å². The van der Waals surface area contributed by atoms with Crippen molar-refractivity contribution in [1.82, 2.24) is 5.32 Å². The van der Waals surface area contributed by atoms with E-state index >= 15 is 0 Å². The first kappa shape index (κ1) is 13.2. The van der Waals surface area contributed by atoms with E-state index in [0.717, 1.165) is 12.8 Å². The van der Waals surface area contributed by atoms with Gasteiger partial charge >= 0.3 is 0 Å². The predicted molar refractivity (Wildman–Crippen MR) is 64.0 cm³/mol. The molecule has 3 N–H and O–H groups in total. The number of carbonyl (C=O) groups is 1. The molecule has 0 aromatic carbocycles. The van der Waals surface area contributed by atoms with Crippen molar-refractivity contribution in [3.8, 4) is 0 Å². The Morgan fingerprint density at radius 1 is 1.56 bits per heavy atom. The maximum absolute atomic E-state index is 11.4. The summed E-state index contributed by atoms with van der Waals surface area (Å²) in [5.74, 6) is -0.130. The monoisotopic (exact) mass is 226 g/mol. The molecule has 1 unspecified atom stereocenters. The largest absolute Gasteiger partial charge is 0.376 e. The molecule has 16 heavy (non-hydrogen) atoms. The van der Waals surface area contributed by atoms with Crippen molar-refractivity contribution in [1.29, 1.82) is 0 Å². The molecule has 92 valence electrons. The van der Waals surface area contributed by atoms with Gasteiger partial charge in [-0.2, -0.15) is 0 Å². The quantitative estimate of drug-likeness (QED) is 0.502. The molecule has 0 heterocycles. The Morgan fingerprint density at radius 2 is 2.25 bits per heavy atom. The Kier molecular flexibility index (Phi) is 6.11. The predicted octanol–water partition coefficient (Wildman–Crippen LogP) is 0.965. The first-order chi connectivity index (χ1) is 7.74. The van der Waals surface area contributed by atoms with Crippen LogP contribution in [0.2, 0.25) is 0 Å². The average Bonchev–Trinajstić information content (AvgIpc) is 2.77. The van der Waals surface area contributed by atoms with Gasteiger partial charge in [-0.15, -0.1) is 6.58 Å². The molecule has 0 aromatic heterocycles. The van der Waals surface area contributed by atoms with Gasteiger partial charge in [0.2, 0.25) is 5.91 Å². The molecule has 1 saturated carbocycles. The van der Waals surface area contributed by atoms with Crippen LogP contribution in [0.4, 0.5) is 0 Å². The minimum absolute atomic E-state index is 0.130. The zero-order chi connectivity index (χ0) is 11.8. The molecule has 4 nitrogen and oxygen atoms in total. The second kappa shape index (κ2) is 7.41. The van der Waals surface area contributed by atoms with Crippen LogP contribution in [-0.4, -0.2) is 31.2 Å². The van der Waals surface area contributed by atoms with Gasteiger partial charge < -0.3 is 15.8 Å². The molecule has 0 bridgehead atoms. The van der Waals surface area contributed by atoms with Crippen LogP contribution < -0.4 is 11.1 Å². The van der Waals surface area contributed by atoms with Crippen molar-refractivity contribution in [2.45, 2.75) is 44.2 Å². The zero-order valence-corrected chi connectivity index (χ0v) is 9.78. The number of rotatable bonds is 7.